The van der Waals surface area contributed by atoms with Gasteiger partial charge in [0.1, 0.15) is 5.82 Å². The van der Waals surface area contributed by atoms with E-state index in [1.54, 1.807) is 12.1 Å². The number of hydrogen-bond acceptors (Lipinski definition) is 2. The lowest BCUT2D eigenvalue weighted by Crippen LogP contribution is -2.40. The molecule has 19 heavy (non-hydrogen) atoms. The minimum Gasteiger partial charge on any atom is -0.328 e. The maximum absolute atomic E-state index is 14.0. The van der Waals surface area contributed by atoms with E-state index >= 15 is 0 Å². The molecule has 0 spiro atoms. The Kier molecular flexibility index (Phi) is 4.94. The highest BCUT2D eigenvalue weighted by Crippen LogP contribution is 2.31. The number of rotatable bonds is 4. The van der Waals surface area contributed by atoms with Gasteiger partial charge >= 0.3 is 0 Å². The fourth-order valence-electron chi connectivity index (χ4n) is 3.24. The second kappa shape index (κ2) is 6.49. The van der Waals surface area contributed by atoms with Crippen molar-refractivity contribution in [3.05, 3.63) is 35.6 Å². The van der Waals surface area contributed by atoms with Gasteiger partial charge in [-0.25, -0.2) is 4.39 Å². The Bertz CT molecular complexity index is 399. The van der Waals surface area contributed by atoms with Crippen LogP contribution in [0.3, 0.4) is 0 Å². The third-order valence-corrected chi connectivity index (χ3v) is 4.46. The van der Waals surface area contributed by atoms with Gasteiger partial charge in [-0.15, -0.1) is 0 Å². The van der Waals surface area contributed by atoms with Crippen molar-refractivity contribution in [3.63, 3.8) is 0 Å². The maximum atomic E-state index is 14.0. The van der Waals surface area contributed by atoms with Crippen LogP contribution in [0.4, 0.5) is 4.39 Å². The molecule has 1 saturated carbocycles. The molecule has 0 aromatic heterocycles. The van der Waals surface area contributed by atoms with Crippen LogP contribution in [0.1, 0.15) is 50.6 Å². The van der Waals surface area contributed by atoms with Gasteiger partial charge in [0, 0.05) is 23.7 Å². The first-order valence-electron chi connectivity index (χ1n) is 7.35. The molecular weight excluding hydrogens is 239 g/mol. The molecule has 1 aliphatic rings. The van der Waals surface area contributed by atoms with Crippen molar-refractivity contribution in [1.82, 2.24) is 4.90 Å². The van der Waals surface area contributed by atoms with E-state index in [1.807, 2.05) is 12.1 Å². The maximum Gasteiger partial charge on any atom is 0.127 e. The fourth-order valence-corrected chi connectivity index (χ4v) is 3.24. The molecule has 0 saturated heterocycles. The molecule has 1 aliphatic carbocycles. The minimum atomic E-state index is -0.0892. The first kappa shape index (κ1) is 14.5. The van der Waals surface area contributed by atoms with Gasteiger partial charge in [0.05, 0.1) is 0 Å². The Hall–Kier alpha value is -0.930. The van der Waals surface area contributed by atoms with Crippen LogP contribution in [0.2, 0.25) is 0 Å². The summed E-state index contributed by atoms with van der Waals surface area (Å²) in [5.41, 5.74) is 6.78. The largest absolute Gasteiger partial charge is 0.328 e. The van der Waals surface area contributed by atoms with Crippen molar-refractivity contribution in [3.8, 4) is 0 Å². The summed E-state index contributed by atoms with van der Waals surface area (Å²) >= 11 is 0. The van der Waals surface area contributed by atoms with Crippen LogP contribution >= 0.6 is 0 Å². The van der Waals surface area contributed by atoms with Crippen molar-refractivity contribution in [2.24, 2.45) is 5.73 Å². The summed E-state index contributed by atoms with van der Waals surface area (Å²) in [5.74, 6) is -0.0892. The van der Waals surface area contributed by atoms with Crippen LogP contribution in [0.15, 0.2) is 24.3 Å². The number of nitrogens with two attached hydrogens (primary N) is 1. The van der Waals surface area contributed by atoms with E-state index in [-0.39, 0.29) is 11.9 Å². The summed E-state index contributed by atoms with van der Waals surface area (Å²) in [6.45, 7) is 2.13. The van der Waals surface area contributed by atoms with E-state index in [9.17, 15) is 4.39 Å². The number of hydrogen-bond donors (Lipinski definition) is 1. The minimum absolute atomic E-state index is 0.0892. The summed E-state index contributed by atoms with van der Waals surface area (Å²) in [7, 11) is 2.13. The predicted octanol–water partition coefficient (Wildman–Crippen LogP) is 3.48. The van der Waals surface area contributed by atoms with Gasteiger partial charge in [0.15, 0.2) is 0 Å². The lowest BCUT2D eigenvalue weighted by atomic mass is 9.89. The molecule has 3 heteroatoms. The normalized spacial score (nSPS) is 25.5. The topological polar surface area (TPSA) is 29.3 Å². The first-order valence-corrected chi connectivity index (χ1v) is 7.35. The average molecular weight is 264 g/mol. The molecule has 2 nitrogen and oxygen atoms in total. The van der Waals surface area contributed by atoms with Gasteiger partial charge in [-0.2, -0.15) is 0 Å². The summed E-state index contributed by atoms with van der Waals surface area (Å²) < 4.78 is 14.0. The van der Waals surface area contributed by atoms with Gasteiger partial charge in [-0.1, -0.05) is 25.1 Å². The van der Waals surface area contributed by atoms with Crippen LogP contribution in [-0.2, 0) is 0 Å². The van der Waals surface area contributed by atoms with Crippen molar-refractivity contribution in [2.75, 3.05) is 7.05 Å². The quantitative estimate of drug-likeness (QED) is 0.902. The van der Waals surface area contributed by atoms with E-state index in [2.05, 4.69) is 18.9 Å². The van der Waals surface area contributed by atoms with Crippen LogP contribution in [0.25, 0.3) is 0 Å². The molecule has 0 bridgehead atoms. The van der Waals surface area contributed by atoms with Crippen molar-refractivity contribution in [2.45, 2.75) is 57.2 Å². The van der Waals surface area contributed by atoms with Crippen molar-refractivity contribution in [1.29, 1.82) is 0 Å². The Morgan fingerprint density at radius 1 is 1.26 bits per heavy atom. The van der Waals surface area contributed by atoms with Gasteiger partial charge in [-0.05, 0) is 45.2 Å². The van der Waals surface area contributed by atoms with Gasteiger partial charge in [0.25, 0.3) is 0 Å². The van der Waals surface area contributed by atoms with Crippen LogP contribution in [0.5, 0.6) is 0 Å². The highest BCUT2D eigenvalue weighted by Gasteiger charge is 2.27. The number of nitrogens with zero attached hydrogens (tertiary/aromatic N) is 1. The van der Waals surface area contributed by atoms with Crippen LogP contribution in [-0.4, -0.2) is 24.0 Å². The molecule has 0 heterocycles. The van der Waals surface area contributed by atoms with Crippen molar-refractivity contribution < 1.29 is 4.39 Å². The second-order valence-electron chi connectivity index (χ2n) is 5.68. The zero-order chi connectivity index (χ0) is 13.8. The van der Waals surface area contributed by atoms with Crippen LogP contribution < -0.4 is 5.73 Å². The molecule has 0 aliphatic heterocycles. The zero-order valence-electron chi connectivity index (χ0n) is 12.0. The van der Waals surface area contributed by atoms with E-state index in [0.717, 1.165) is 37.7 Å². The summed E-state index contributed by atoms with van der Waals surface area (Å²) in [5, 5.41) is 0. The first-order chi connectivity index (χ1) is 9.13. The molecule has 0 amide bonds. The molecule has 1 aromatic carbocycles. The van der Waals surface area contributed by atoms with Gasteiger partial charge < -0.3 is 5.73 Å². The van der Waals surface area contributed by atoms with Crippen molar-refractivity contribution >= 4 is 0 Å². The van der Waals surface area contributed by atoms with E-state index < -0.39 is 0 Å². The molecule has 2 N–H and O–H groups in total. The van der Waals surface area contributed by atoms with Gasteiger partial charge in [-0.3, -0.25) is 4.90 Å². The lowest BCUT2D eigenvalue weighted by molar-refractivity contribution is 0.126. The van der Waals surface area contributed by atoms with E-state index in [1.165, 1.54) is 0 Å². The van der Waals surface area contributed by atoms with E-state index in [4.69, 9.17) is 5.73 Å². The third kappa shape index (κ3) is 3.34. The molecule has 0 radical (unpaired) electrons. The molecule has 1 atom stereocenters. The Labute approximate surface area is 115 Å². The summed E-state index contributed by atoms with van der Waals surface area (Å²) in [6.07, 6.45) is 5.36. The monoisotopic (exact) mass is 264 g/mol. The highest BCUT2D eigenvalue weighted by molar-refractivity contribution is 5.21. The SMILES string of the molecule is CCC(c1ccccc1F)N(C)C1CCC(N)CC1. The zero-order valence-corrected chi connectivity index (χ0v) is 12.0. The Balaban J connectivity index is 2.11. The van der Waals surface area contributed by atoms with E-state index in [0.29, 0.717) is 12.1 Å². The fraction of sp³-hybridized carbons (Fsp3) is 0.625. The molecular formula is C16H25FN2. The van der Waals surface area contributed by atoms with Crippen LogP contribution in [0, 0.1) is 5.82 Å². The summed E-state index contributed by atoms with van der Waals surface area (Å²) in [6, 6.07) is 8.21. The molecule has 1 aromatic rings. The molecule has 1 fully saturated rings. The molecule has 2 rings (SSSR count). The smallest absolute Gasteiger partial charge is 0.127 e. The molecule has 106 valence electrons. The number of benzene rings is 1. The highest BCUT2D eigenvalue weighted by atomic mass is 19.1. The second-order valence-corrected chi connectivity index (χ2v) is 5.68. The predicted molar refractivity (Wildman–Crippen MR) is 77.4 cm³/mol. The Morgan fingerprint density at radius 2 is 1.89 bits per heavy atom. The lowest BCUT2D eigenvalue weighted by Gasteiger charge is -2.38. The Morgan fingerprint density at radius 3 is 2.47 bits per heavy atom. The standard InChI is InChI=1S/C16H25FN2/c1-3-16(14-6-4-5-7-15(14)17)19(2)13-10-8-12(18)9-11-13/h4-7,12-13,16H,3,8-11,18H2,1-2H3. The average Bonchev–Trinajstić information content (AvgIpc) is 2.42. The summed E-state index contributed by atoms with van der Waals surface area (Å²) in [4.78, 5) is 2.35. The molecule has 1 unspecified atom stereocenters. The van der Waals surface area contributed by atoms with Gasteiger partial charge in [0.2, 0.25) is 0 Å². The number of halogens is 1. The third-order valence-electron chi connectivity index (χ3n) is 4.46.